The summed E-state index contributed by atoms with van der Waals surface area (Å²) >= 11 is 8.04. The standard InChI is InChI=1S/C23H19N7O4S6/c1-35-20-27-22(39-29-20)37-9-17(32)24-11-4-6-16-14(7-11)26-19(34-16)13-5-3-12(8-15(13)31)25-18(33)10-38-23-28-21(36-2)30-40-23/h3-8,31H,9-10H2,1-2H3,(H,24,32)(H,25,33). The van der Waals surface area contributed by atoms with Gasteiger partial charge < -0.3 is 20.2 Å². The van der Waals surface area contributed by atoms with E-state index < -0.39 is 0 Å². The number of benzene rings is 2. The number of hydrogen-bond donors (Lipinski definition) is 3. The van der Waals surface area contributed by atoms with Crippen molar-refractivity contribution in [2.45, 2.75) is 19.0 Å². The van der Waals surface area contributed by atoms with Gasteiger partial charge in [0.15, 0.2) is 14.3 Å². The minimum Gasteiger partial charge on any atom is -0.507 e. The van der Waals surface area contributed by atoms with Gasteiger partial charge in [-0.25, -0.2) is 15.0 Å². The highest BCUT2D eigenvalue weighted by Gasteiger charge is 2.16. The van der Waals surface area contributed by atoms with Gasteiger partial charge in [0.05, 0.1) is 17.1 Å². The van der Waals surface area contributed by atoms with E-state index in [9.17, 15) is 14.7 Å². The molecule has 0 atom stereocenters. The van der Waals surface area contributed by atoms with Crippen LogP contribution < -0.4 is 10.6 Å². The molecule has 3 N–H and O–H groups in total. The Bertz CT molecular complexity index is 1670. The van der Waals surface area contributed by atoms with Gasteiger partial charge in [0, 0.05) is 17.4 Å². The molecule has 3 aromatic heterocycles. The Hall–Kier alpha value is -2.83. The molecule has 0 radical (unpaired) electrons. The lowest BCUT2D eigenvalue weighted by molar-refractivity contribution is -0.114. The summed E-state index contributed by atoms with van der Waals surface area (Å²) in [4.78, 5) is 37.8. The first-order chi connectivity index (χ1) is 19.4. The van der Waals surface area contributed by atoms with Crippen LogP contribution in [-0.4, -0.2) is 64.6 Å². The van der Waals surface area contributed by atoms with Crippen molar-refractivity contribution in [3.05, 3.63) is 36.4 Å². The van der Waals surface area contributed by atoms with E-state index in [0.29, 0.717) is 42.7 Å². The number of phenolic OH excluding ortho intramolecular Hbond substituents is 1. The first kappa shape index (κ1) is 28.7. The molecule has 17 heteroatoms. The van der Waals surface area contributed by atoms with Crippen molar-refractivity contribution >= 4 is 104 Å². The number of aromatic nitrogens is 5. The van der Waals surface area contributed by atoms with Gasteiger partial charge in [-0.1, -0.05) is 47.0 Å². The molecule has 0 spiro atoms. The predicted octanol–water partition coefficient (Wildman–Crippen LogP) is 5.81. The molecule has 0 bridgehead atoms. The smallest absolute Gasteiger partial charge is 0.234 e. The van der Waals surface area contributed by atoms with Gasteiger partial charge in [-0.05, 0) is 65.9 Å². The molecule has 0 aliphatic carbocycles. The lowest BCUT2D eigenvalue weighted by Gasteiger charge is -2.06. The monoisotopic (exact) mass is 649 g/mol. The van der Waals surface area contributed by atoms with E-state index in [0.717, 1.165) is 4.34 Å². The van der Waals surface area contributed by atoms with Crippen LogP contribution in [0.4, 0.5) is 11.4 Å². The zero-order valence-corrected chi connectivity index (χ0v) is 25.6. The number of amides is 2. The molecular formula is C23H19N7O4S6. The molecule has 0 fully saturated rings. The van der Waals surface area contributed by atoms with Crippen molar-refractivity contribution < 1.29 is 19.1 Å². The van der Waals surface area contributed by atoms with Crippen LogP contribution in [0, 0.1) is 0 Å². The van der Waals surface area contributed by atoms with Crippen LogP contribution in [0.15, 0.2) is 59.8 Å². The lowest BCUT2D eigenvalue weighted by atomic mass is 10.2. The van der Waals surface area contributed by atoms with E-state index in [1.54, 1.807) is 30.3 Å². The van der Waals surface area contributed by atoms with Crippen molar-refractivity contribution in [3.8, 4) is 17.2 Å². The molecule has 5 aromatic rings. The van der Waals surface area contributed by atoms with Gasteiger partial charge in [0.25, 0.3) is 0 Å². The number of oxazole rings is 1. The van der Waals surface area contributed by atoms with Crippen LogP contribution in [0.25, 0.3) is 22.6 Å². The molecule has 0 unspecified atom stereocenters. The van der Waals surface area contributed by atoms with Crippen LogP contribution in [0.2, 0.25) is 0 Å². The molecule has 0 saturated carbocycles. The van der Waals surface area contributed by atoms with Crippen molar-refractivity contribution in [1.82, 2.24) is 23.7 Å². The normalized spacial score (nSPS) is 11.2. The first-order valence-electron chi connectivity index (χ1n) is 11.2. The number of anilines is 2. The molecule has 0 aliphatic heterocycles. The third-order valence-electron chi connectivity index (χ3n) is 4.98. The highest BCUT2D eigenvalue weighted by molar-refractivity contribution is 8.02. The maximum Gasteiger partial charge on any atom is 0.234 e. The second kappa shape index (κ2) is 13.2. The van der Waals surface area contributed by atoms with Crippen molar-refractivity contribution in [2.75, 3.05) is 34.7 Å². The average Bonchev–Trinajstić information content (AvgIpc) is 3.70. The molecule has 0 aliphatic rings. The lowest BCUT2D eigenvalue weighted by Crippen LogP contribution is -2.13. The minimum atomic E-state index is -0.235. The van der Waals surface area contributed by atoms with Gasteiger partial charge in [0.1, 0.15) is 11.3 Å². The van der Waals surface area contributed by atoms with Gasteiger partial charge >= 0.3 is 0 Å². The molecule has 40 heavy (non-hydrogen) atoms. The quantitative estimate of drug-likeness (QED) is 0.148. The first-order valence-corrected chi connectivity index (χ1v) is 17.2. The molecule has 5 rings (SSSR count). The molecule has 11 nitrogen and oxygen atoms in total. The fourth-order valence-electron chi connectivity index (χ4n) is 3.24. The highest BCUT2D eigenvalue weighted by atomic mass is 32.2. The summed E-state index contributed by atoms with van der Waals surface area (Å²) in [6.45, 7) is 0. The zero-order chi connectivity index (χ0) is 28.1. The maximum atomic E-state index is 12.4. The fraction of sp³-hybridized carbons (Fsp3) is 0.174. The van der Waals surface area contributed by atoms with Crippen LogP contribution in [0.1, 0.15) is 0 Å². The Labute approximate surface area is 253 Å². The van der Waals surface area contributed by atoms with Crippen LogP contribution in [-0.2, 0) is 9.59 Å². The van der Waals surface area contributed by atoms with E-state index in [4.69, 9.17) is 4.42 Å². The second-order valence-electron chi connectivity index (χ2n) is 7.70. The molecule has 2 aromatic carbocycles. The Balaban J connectivity index is 1.19. The number of hydrogen-bond acceptors (Lipinski definition) is 15. The number of rotatable bonds is 11. The minimum absolute atomic E-state index is 0.0994. The summed E-state index contributed by atoms with van der Waals surface area (Å²) < 4.78 is 15.6. The van der Waals surface area contributed by atoms with Crippen molar-refractivity contribution in [2.24, 2.45) is 0 Å². The fourth-order valence-corrected chi connectivity index (χ4v) is 7.26. The van der Waals surface area contributed by atoms with Crippen LogP contribution in [0.5, 0.6) is 5.75 Å². The molecular weight excluding hydrogens is 631 g/mol. The number of fused-ring (bicyclic) bond motifs is 1. The zero-order valence-electron chi connectivity index (χ0n) is 20.7. The Morgan fingerprint density at radius 2 is 1.43 bits per heavy atom. The SMILES string of the molecule is CSc1nsc(SCC(=O)Nc2ccc(-c3nc4cc(NC(=O)CSc5nc(SC)ns5)ccc4o3)c(O)c2)n1. The van der Waals surface area contributed by atoms with Gasteiger partial charge in [-0.3, -0.25) is 9.59 Å². The topological polar surface area (TPSA) is 156 Å². The number of thioether (sulfide) groups is 4. The van der Waals surface area contributed by atoms with E-state index in [2.05, 4.69) is 34.3 Å². The Morgan fingerprint density at radius 3 is 1.98 bits per heavy atom. The van der Waals surface area contributed by atoms with E-state index in [1.807, 2.05) is 12.5 Å². The van der Waals surface area contributed by atoms with Crippen LogP contribution in [0.3, 0.4) is 0 Å². The summed E-state index contributed by atoms with van der Waals surface area (Å²) in [5.41, 5.74) is 2.38. The van der Waals surface area contributed by atoms with E-state index >= 15 is 0 Å². The number of nitrogens with one attached hydrogen (secondary N) is 2. The van der Waals surface area contributed by atoms with Gasteiger partial charge in [-0.2, -0.15) is 8.75 Å². The molecule has 3 heterocycles. The van der Waals surface area contributed by atoms with E-state index in [-0.39, 0.29) is 35.0 Å². The highest BCUT2D eigenvalue weighted by Crippen LogP contribution is 2.34. The molecule has 206 valence electrons. The van der Waals surface area contributed by atoms with E-state index in [1.165, 1.54) is 76.2 Å². The summed E-state index contributed by atoms with van der Waals surface area (Å²) in [6, 6.07) is 9.84. The third-order valence-corrected chi connectivity index (χ3v) is 9.97. The summed E-state index contributed by atoms with van der Waals surface area (Å²) in [5, 5.41) is 17.6. The predicted molar refractivity (Wildman–Crippen MR) is 163 cm³/mol. The molecule has 0 saturated heterocycles. The largest absolute Gasteiger partial charge is 0.507 e. The summed E-state index contributed by atoms with van der Waals surface area (Å²) in [7, 11) is 0. The van der Waals surface area contributed by atoms with Gasteiger partial charge in [0.2, 0.25) is 28.0 Å². The maximum absolute atomic E-state index is 12.4. The number of nitrogens with zero attached hydrogens (tertiary/aromatic N) is 5. The third kappa shape index (κ3) is 7.27. The number of aromatic hydroxyl groups is 1. The Kier molecular flexibility index (Phi) is 9.48. The van der Waals surface area contributed by atoms with Gasteiger partial charge in [-0.15, -0.1) is 0 Å². The summed E-state index contributed by atoms with van der Waals surface area (Å²) in [6.07, 6.45) is 3.79. The molecule has 2 amide bonds. The van der Waals surface area contributed by atoms with Crippen molar-refractivity contribution in [3.63, 3.8) is 0 Å². The van der Waals surface area contributed by atoms with Crippen LogP contribution >= 0.6 is 70.1 Å². The summed E-state index contributed by atoms with van der Waals surface area (Å²) in [5.74, 6) is 0.0487. The number of carbonyl (C=O) groups excluding carboxylic acids is 2. The van der Waals surface area contributed by atoms with Crippen molar-refractivity contribution in [1.29, 1.82) is 0 Å². The Morgan fingerprint density at radius 1 is 0.850 bits per heavy atom. The number of phenols is 1. The number of carbonyl (C=O) groups is 2. The second-order valence-corrected chi connectivity index (χ2v) is 13.2. The average molecular weight is 650 g/mol.